The van der Waals surface area contributed by atoms with Crippen LogP contribution in [0.1, 0.15) is 51.4 Å². The molecule has 0 amide bonds. The van der Waals surface area contributed by atoms with Crippen molar-refractivity contribution in [3.8, 4) is 0 Å². The maximum atomic E-state index is 1.56. The fraction of sp³-hybridized carbons (Fsp3) is 1.00. The van der Waals surface area contributed by atoms with E-state index < -0.39 is 0 Å². The van der Waals surface area contributed by atoms with Crippen LogP contribution >= 0.6 is 0 Å². The fourth-order valence-electron chi connectivity index (χ4n) is 2.75. The average Bonchev–Trinajstić information content (AvgIpc) is 2.45. The molecule has 0 N–H and O–H groups in total. The SMILES string of the molecule is C1CCC2(C1)CCCC2. The fourth-order valence-corrected chi connectivity index (χ4v) is 2.75. The molecule has 2 aliphatic carbocycles. The Morgan fingerprint density at radius 2 is 0.889 bits per heavy atom. The van der Waals surface area contributed by atoms with Gasteiger partial charge in [-0.3, -0.25) is 0 Å². The molecule has 0 aromatic rings. The van der Waals surface area contributed by atoms with Crippen LogP contribution in [0.15, 0.2) is 0 Å². The molecule has 2 fully saturated rings. The highest BCUT2D eigenvalue weighted by Gasteiger charge is 2.35. The largest absolute Gasteiger partial charge is 0.0528 e. The van der Waals surface area contributed by atoms with E-state index in [2.05, 4.69) is 0 Å². The molecule has 0 bridgehead atoms. The summed E-state index contributed by atoms with van der Waals surface area (Å²) in [6, 6.07) is 0. The lowest BCUT2D eigenvalue weighted by atomic mass is 9.85. The zero-order valence-corrected chi connectivity index (χ0v) is 6.16. The highest BCUT2D eigenvalue weighted by molar-refractivity contribution is 4.88. The molecule has 9 heavy (non-hydrogen) atoms. The van der Waals surface area contributed by atoms with Gasteiger partial charge in [-0.1, -0.05) is 25.7 Å². The van der Waals surface area contributed by atoms with Crippen LogP contribution in [0.4, 0.5) is 0 Å². The molecule has 0 unspecified atom stereocenters. The average molecular weight is 124 g/mol. The molecular formula is C9H16. The topological polar surface area (TPSA) is 0 Å². The van der Waals surface area contributed by atoms with Gasteiger partial charge in [-0.2, -0.15) is 0 Å². The van der Waals surface area contributed by atoms with Gasteiger partial charge in [0.1, 0.15) is 0 Å². The molecule has 0 nitrogen and oxygen atoms in total. The van der Waals surface area contributed by atoms with Crippen molar-refractivity contribution in [3.05, 3.63) is 0 Å². The van der Waals surface area contributed by atoms with E-state index in [4.69, 9.17) is 0 Å². The van der Waals surface area contributed by atoms with Gasteiger partial charge < -0.3 is 0 Å². The molecule has 0 radical (unpaired) electrons. The van der Waals surface area contributed by atoms with Crippen molar-refractivity contribution < 1.29 is 0 Å². The summed E-state index contributed by atoms with van der Waals surface area (Å²) in [6.45, 7) is 0. The smallest absolute Gasteiger partial charge is 0.0297 e. The van der Waals surface area contributed by atoms with Crippen molar-refractivity contribution in [1.29, 1.82) is 0 Å². The Morgan fingerprint density at radius 1 is 0.556 bits per heavy atom. The lowest BCUT2D eigenvalue weighted by Gasteiger charge is -2.20. The summed E-state index contributed by atoms with van der Waals surface area (Å²) in [6.07, 6.45) is 12.4. The second kappa shape index (κ2) is 2.00. The Morgan fingerprint density at radius 3 is 1.22 bits per heavy atom. The predicted molar refractivity (Wildman–Crippen MR) is 39.4 cm³/mol. The van der Waals surface area contributed by atoms with Crippen molar-refractivity contribution in [2.45, 2.75) is 51.4 Å². The van der Waals surface area contributed by atoms with E-state index in [1.165, 1.54) is 25.7 Å². The second-order valence-electron chi connectivity index (χ2n) is 3.91. The van der Waals surface area contributed by atoms with E-state index >= 15 is 0 Å². The van der Waals surface area contributed by atoms with Gasteiger partial charge in [0.2, 0.25) is 0 Å². The van der Waals surface area contributed by atoms with Crippen molar-refractivity contribution in [1.82, 2.24) is 0 Å². The molecule has 0 saturated heterocycles. The first-order valence-corrected chi connectivity index (χ1v) is 4.41. The third kappa shape index (κ3) is 0.889. The van der Waals surface area contributed by atoms with Gasteiger partial charge in [0.15, 0.2) is 0 Å². The van der Waals surface area contributed by atoms with Crippen molar-refractivity contribution in [3.63, 3.8) is 0 Å². The number of rotatable bonds is 0. The Labute approximate surface area is 57.6 Å². The molecule has 2 aliphatic rings. The van der Waals surface area contributed by atoms with E-state index in [1.54, 1.807) is 25.7 Å². The Bertz CT molecular complexity index is 75.1. The zero-order chi connectivity index (χ0) is 6.16. The van der Waals surface area contributed by atoms with Crippen LogP contribution < -0.4 is 0 Å². The maximum Gasteiger partial charge on any atom is -0.0297 e. The van der Waals surface area contributed by atoms with E-state index in [1.807, 2.05) is 0 Å². The first-order chi connectivity index (χ1) is 4.41. The Balaban J connectivity index is 2.04. The monoisotopic (exact) mass is 124 g/mol. The summed E-state index contributed by atoms with van der Waals surface area (Å²) in [5.74, 6) is 0. The second-order valence-corrected chi connectivity index (χ2v) is 3.91. The van der Waals surface area contributed by atoms with Crippen molar-refractivity contribution in [2.75, 3.05) is 0 Å². The van der Waals surface area contributed by atoms with Crippen LogP contribution in [-0.4, -0.2) is 0 Å². The normalized spacial score (nSPS) is 32.0. The molecule has 0 aromatic carbocycles. The van der Waals surface area contributed by atoms with Gasteiger partial charge in [-0.25, -0.2) is 0 Å². The van der Waals surface area contributed by atoms with Crippen LogP contribution in [0.5, 0.6) is 0 Å². The van der Waals surface area contributed by atoms with Gasteiger partial charge in [0, 0.05) is 0 Å². The van der Waals surface area contributed by atoms with E-state index in [0.717, 1.165) is 5.41 Å². The van der Waals surface area contributed by atoms with Crippen LogP contribution in [-0.2, 0) is 0 Å². The third-order valence-electron chi connectivity index (χ3n) is 3.33. The minimum atomic E-state index is 0.889. The minimum absolute atomic E-state index is 0.889. The molecule has 1 spiro atoms. The number of hydrogen-bond acceptors (Lipinski definition) is 0. The minimum Gasteiger partial charge on any atom is -0.0528 e. The van der Waals surface area contributed by atoms with Gasteiger partial charge >= 0.3 is 0 Å². The van der Waals surface area contributed by atoms with E-state index in [0.29, 0.717) is 0 Å². The highest BCUT2D eigenvalue weighted by Crippen LogP contribution is 2.50. The predicted octanol–water partition coefficient (Wildman–Crippen LogP) is 3.12. The Hall–Kier alpha value is 0. The molecule has 0 atom stereocenters. The van der Waals surface area contributed by atoms with Crippen LogP contribution in [0.25, 0.3) is 0 Å². The van der Waals surface area contributed by atoms with Crippen LogP contribution in [0.2, 0.25) is 0 Å². The lowest BCUT2D eigenvalue weighted by Crippen LogP contribution is -2.08. The molecule has 2 saturated carbocycles. The van der Waals surface area contributed by atoms with Gasteiger partial charge in [0.25, 0.3) is 0 Å². The molecule has 52 valence electrons. The third-order valence-corrected chi connectivity index (χ3v) is 3.33. The molecule has 0 aromatic heterocycles. The lowest BCUT2D eigenvalue weighted by molar-refractivity contribution is 0.309. The molecule has 0 heteroatoms. The van der Waals surface area contributed by atoms with Gasteiger partial charge in [-0.05, 0) is 31.1 Å². The number of hydrogen-bond donors (Lipinski definition) is 0. The molecule has 2 rings (SSSR count). The summed E-state index contributed by atoms with van der Waals surface area (Å²) in [5.41, 5.74) is 0.889. The standard InChI is InChI=1S/C9H16/c1-2-6-9(5-1)7-3-4-8-9/h1-8H2. The van der Waals surface area contributed by atoms with Gasteiger partial charge in [-0.15, -0.1) is 0 Å². The summed E-state index contributed by atoms with van der Waals surface area (Å²) in [7, 11) is 0. The van der Waals surface area contributed by atoms with Crippen LogP contribution in [0, 0.1) is 5.41 Å². The van der Waals surface area contributed by atoms with E-state index in [-0.39, 0.29) is 0 Å². The van der Waals surface area contributed by atoms with E-state index in [9.17, 15) is 0 Å². The van der Waals surface area contributed by atoms with Crippen molar-refractivity contribution >= 4 is 0 Å². The quantitative estimate of drug-likeness (QED) is 0.465. The maximum absolute atomic E-state index is 1.56. The summed E-state index contributed by atoms with van der Waals surface area (Å²) < 4.78 is 0. The molecular weight excluding hydrogens is 108 g/mol. The first kappa shape index (κ1) is 5.76. The highest BCUT2D eigenvalue weighted by atomic mass is 14.4. The molecule has 0 heterocycles. The summed E-state index contributed by atoms with van der Waals surface area (Å²) in [5, 5.41) is 0. The molecule has 0 aliphatic heterocycles. The first-order valence-electron chi connectivity index (χ1n) is 4.41. The van der Waals surface area contributed by atoms with Crippen molar-refractivity contribution in [2.24, 2.45) is 5.41 Å². The summed E-state index contributed by atoms with van der Waals surface area (Å²) >= 11 is 0. The Kier molecular flexibility index (Phi) is 1.28. The summed E-state index contributed by atoms with van der Waals surface area (Å²) in [4.78, 5) is 0. The van der Waals surface area contributed by atoms with Crippen LogP contribution in [0.3, 0.4) is 0 Å². The zero-order valence-electron chi connectivity index (χ0n) is 6.16. The van der Waals surface area contributed by atoms with Gasteiger partial charge in [0.05, 0.1) is 0 Å².